The quantitative estimate of drug-likeness (QED) is 0.768. The summed E-state index contributed by atoms with van der Waals surface area (Å²) in [4.78, 5) is 12.8. The van der Waals surface area contributed by atoms with Gasteiger partial charge in [-0.1, -0.05) is 12.1 Å². The first kappa shape index (κ1) is 15.4. The van der Waals surface area contributed by atoms with E-state index < -0.39 is 10.8 Å². The van der Waals surface area contributed by atoms with Crippen LogP contribution in [0, 0.1) is 6.92 Å². The van der Waals surface area contributed by atoms with Crippen molar-refractivity contribution in [2.24, 2.45) is 0 Å². The molecule has 110 valence electrons. The number of carbonyl (C=O) groups excluding carboxylic acids is 1. The van der Waals surface area contributed by atoms with Gasteiger partial charge in [-0.05, 0) is 55.8 Å². The molecule has 21 heavy (non-hydrogen) atoms. The number of ether oxygens (including phenoxy) is 1. The first-order valence-corrected chi connectivity index (χ1v) is 8.13. The Labute approximate surface area is 127 Å². The van der Waals surface area contributed by atoms with E-state index in [1.807, 2.05) is 32.0 Å². The molecule has 2 aromatic rings. The van der Waals surface area contributed by atoms with Crippen molar-refractivity contribution in [1.82, 2.24) is 0 Å². The van der Waals surface area contributed by atoms with Crippen LogP contribution in [0.4, 0.5) is 0 Å². The fourth-order valence-corrected chi connectivity index (χ4v) is 3.07. The molecule has 0 aliphatic carbocycles. The molecule has 2 aromatic carbocycles. The van der Waals surface area contributed by atoms with E-state index in [2.05, 4.69) is 0 Å². The van der Waals surface area contributed by atoms with Crippen LogP contribution in [0.5, 0.6) is 5.75 Å². The molecule has 1 atom stereocenters. The van der Waals surface area contributed by atoms with E-state index in [0.717, 1.165) is 11.3 Å². The van der Waals surface area contributed by atoms with Gasteiger partial charge in [0.05, 0.1) is 23.2 Å². The van der Waals surface area contributed by atoms with E-state index in [1.165, 1.54) is 0 Å². The van der Waals surface area contributed by atoms with Gasteiger partial charge >= 0.3 is 0 Å². The number of ketones is 1. The number of hydrogen-bond donors (Lipinski definition) is 0. The second kappa shape index (κ2) is 7.18. The molecule has 0 amide bonds. The zero-order chi connectivity index (χ0) is 15.2. The van der Waals surface area contributed by atoms with Crippen molar-refractivity contribution in [1.29, 1.82) is 0 Å². The van der Waals surface area contributed by atoms with E-state index in [1.54, 1.807) is 30.3 Å². The Morgan fingerprint density at radius 3 is 2.48 bits per heavy atom. The average molecular weight is 302 g/mol. The second-order valence-electron chi connectivity index (χ2n) is 4.69. The molecule has 0 saturated carbocycles. The van der Waals surface area contributed by atoms with Crippen LogP contribution in [0.3, 0.4) is 0 Å². The molecule has 3 nitrogen and oxygen atoms in total. The highest BCUT2D eigenvalue weighted by atomic mass is 32.2. The normalized spacial score (nSPS) is 11.9. The summed E-state index contributed by atoms with van der Waals surface area (Å²) < 4.78 is 17.5. The van der Waals surface area contributed by atoms with E-state index in [4.69, 9.17) is 4.74 Å². The van der Waals surface area contributed by atoms with Crippen molar-refractivity contribution in [2.45, 2.75) is 18.7 Å². The van der Waals surface area contributed by atoms with Crippen LogP contribution in [-0.2, 0) is 10.8 Å². The average Bonchev–Trinajstić information content (AvgIpc) is 2.48. The van der Waals surface area contributed by atoms with Crippen LogP contribution < -0.4 is 4.74 Å². The largest absolute Gasteiger partial charge is 0.494 e. The third-order valence-corrected chi connectivity index (χ3v) is 4.31. The van der Waals surface area contributed by atoms with Gasteiger partial charge in [0.15, 0.2) is 5.78 Å². The molecular formula is C17H18O3S. The molecule has 0 spiro atoms. The van der Waals surface area contributed by atoms with E-state index in [9.17, 15) is 9.00 Å². The van der Waals surface area contributed by atoms with Crippen LogP contribution in [0.1, 0.15) is 22.8 Å². The highest BCUT2D eigenvalue weighted by molar-refractivity contribution is 7.85. The number of hydrogen-bond acceptors (Lipinski definition) is 3. The summed E-state index contributed by atoms with van der Waals surface area (Å²) in [5.41, 5.74) is 1.59. The minimum atomic E-state index is -1.31. The van der Waals surface area contributed by atoms with E-state index in [-0.39, 0.29) is 11.5 Å². The first-order chi connectivity index (χ1) is 10.1. The molecule has 1 unspecified atom stereocenters. The Hall–Kier alpha value is -1.94. The predicted molar refractivity (Wildman–Crippen MR) is 84.4 cm³/mol. The molecule has 0 bridgehead atoms. The third kappa shape index (κ3) is 4.26. The van der Waals surface area contributed by atoms with Gasteiger partial charge in [0, 0.05) is 10.5 Å². The Balaban J connectivity index is 2.05. The van der Waals surface area contributed by atoms with Crippen LogP contribution in [-0.4, -0.2) is 22.4 Å². The van der Waals surface area contributed by atoms with Gasteiger partial charge in [-0.15, -0.1) is 0 Å². The summed E-state index contributed by atoms with van der Waals surface area (Å²) in [6, 6.07) is 14.4. The van der Waals surface area contributed by atoms with Crippen LogP contribution >= 0.6 is 0 Å². The SMILES string of the molecule is CCOc1ccc(C(=O)CS(=O)c2cccc(C)c2)cc1. The third-order valence-electron chi connectivity index (χ3n) is 3.00. The molecular weight excluding hydrogens is 284 g/mol. The predicted octanol–water partition coefficient (Wildman–Crippen LogP) is 3.38. The van der Waals surface area contributed by atoms with Gasteiger partial charge in [-0.2, -0.15) is 0 Å². The molecule has 2 rings (SSSR count). The standard InChI is InChI=1S/C17H18O3S/c1-3-20-15-9-7-14(8-10-15)17(18)12-21(19)16-6-4-5-13(2)11-16/h4-11H,3,12H2,1-2H3. The number of aryl methyl sites for hydroxylation is 1. The lowest BCUT2D eigenvalue weighted by Crippen LogP contribution is -2.11. The summed E-state index contributed by atoms with van der Waals surface area (Å²) in [5, 5.41) is 0. The molecule has 0 fully saturated rings. The van der Waals surface area contributed by atoms with Crippen LogP contribution in [0.15, 0.2) is 53.4 Å². The zero-order valence-corrected chi connectivity index (χ0v) is 13.0. The lowest BCUT2D eigenvalue weighted by molar-refractivity contribution is 0.102. The highest BCUT2D eigenvalue weighted by Crippen LogP contribution is 2.15. The summed E-state index contributed by atoms with van der Waals surface area (Å²) in [5.74, 6) is 0.601. The maximum atomic E-state index is 12.2. The Morgan fingerprint density at radius 2 is 1.86 bits per heavy atom. The van der Waals surface area contributed by atoms with Gasteiger partial charge in [0.25, 0.3) is 0 Å². The van der Waals surface area contributed by atoms with Crippen molar-refractivity contribution >= 4 is 16.6 Å². The van der Waals surface area contributed by atoms with E-state index >= 15 is 0 Å². The molecule has 0 aliphatic rings. The number of rotatable bonds is 6. The van der Waals surface area contributed by atoms with Crippen molar-refractivity contribution in [3.63, 3.8) is 0 Å². The van der Waals surface area contributed by atoms with Gasteiger partial charge in [-0.3, -0.25) is 9.00 Å². The number of carbonyl (C=O) groups is 1. The topological polar surface area (TPSA) is 43.4 Å². The maximum absolute atomic E-state index is 12.2. The summed E-state index contributed by atoms with van der Waals surface area (Å²) in [6.07, 6.45) is 0. The summed E-state index contributed by atoms with van der Waals surface area (Å²) >= 11 is 0. The summed E-state index contributed by atoms with van der Waals surface area (Å²) in [7, 11) is -1.31. The van der Waals surface area contributed by atoms with Gasteiger partial charge in [-0.25, -0.2) is 0 Å². The van der Waals surface area contributed by atoms with Gasteiger partial charge in [0.1, 0.15) is 5.75 Å². The highest BCUT2D eigenvalue weighted by Gasteiger charge is 2.12. The molecule has 0 heterocycles. The lowest BCUT2D eigenvalue weighted by Gasteiger charge is -2.05. The van der Waals surface area contributed by atoms with Crippen molar-refractivity contribution in [3.8, 4) is 5.75 Å². The number of benzene rings is 2. The Bertz CT molecular complexity index is 647. The van der Waals surface area contributed by atoms with Crippen LogP contribution in [0.2, 0.25) is 0 Å². The van der Waals surface area contributed by atoms with Crippen molar-refractivity contribution in [2.75, 3.05) is 12.4 Å². The molecule has 4 heteroatoms. The zero-order valence-electron chi connectivity index (χ0n) is 12.2. The van der Waals surface area contributed by atoms with E-state index in [0.29, 0.717) is 17.1 Å². The maximum Gasteiger partial charge on any atom is 0.175 e. The monoisotopic (exact) mass is 302 g/mol. The lowest BCUT2D eigenvalue weighted by atomic mass is 10.1. The first-order valence-electron chi connectivity index (χ1n) is 6.81. The van der Waals surface area contributed by atoms with Gasteiger partial charge < -0.3 is 4.74 Å². The second-order valence-corrected chi connectivity index (χ2v) is 6.14. The smallest absolute Gasteiger partial charge is 0.175 e. The molecule has 0 N–H and O–H groups in total. The van der Waals surface area contributed by atoms with Crippen LogP contribution in [0.25, 0.3) is 0 Å². The number of Topliss-reactive ketones (excluding diaryl/α,β-unsaturated/α-hetero) is 1. The van der Waals surface area contributed by atoms with Crippen molar-refractivity contribution in [3.05, 3.63) is 59.7 Å². The fraction of sp³-hybridized carbons (Fsp3) is 0.235. The van der Waals surface area contributed by atoms with Gasteiger partial charge in [0.2, 0.25) is 0 Å². The van der Waals surface area contributed by atoms with Crippen molar-refractivity contribution < 1.29 is 13.7 Å². The minimum Gasteiger partial charge on any atom is -0.494 e. The molecule has 0 aliphatic heterocycles. The molecule has 0 radical (unpaired) electrons. The summed E-state index contributed by atoms with van der Waals surface area (Å²) in [6.45, 7) is 4.43. The molecule has 0 saturated heterocycles. The Kier molecular flexibility index (Phi) is 5.28. The molecule has 0 aromatic heterocycles. The fourth-order valence-electron chi connectivity index (χ4n) is 1.95. The minimum absolute atomic E-state index is 0.00254. The Morgan fingerprint density at radius 1 is 1.14 bits per heavy atom.